The molecule has 2 aromatic rings. The summed E-state index contributed by atoms with van der Waals surface area (Å²) in [4.78, 5) is 15.8. The van der Waals surface area contributed by atoms with E-state index in [0.717, 1.165) is 48.4 Å². The van der Waals surface area contributed by atoms with Crippen molar-refractivity contribution < 1.29 is 22.7 Å². The molecule has 1 atom stereocenters. The second-order valence-electron chi connectivity index (χ2n) is 9.44. The highest BCUT2D eigenvalue weighted by molar-refractivity contribution is 7.89. The topological polar surface area (TPSA) is 76.2 Å². The Morgan fingerprint density at radius 3 is 2.32 bits per heavy atom. The molecule has 0 aromatic heterocycles. The first-order chi connectivity index (χ1) is 16.4. The molecule has 7 nitrogen and oxygen atoms in total. The minimum atomic E-state index is -3.53. The molecule has 182 valence electrons. The Hall–Kier alpha value is -2.58. The maximum Gasteiger partial charge on any atom is 0.243 e. The number of hydrogen-bond acceptors (Lipinski definition) is 5. The number of ether oxygens (including phenoxy) is 2. The predicted octanol–water partition coefficient (Wildman–Crippen LogP) is 3.92. The Labute approximate surface area is 201 Å². The van der Waals surface area contributed by atoms with E-state index in [-0.39, 0.29) is 17.9 Å². The van der Waals surface area contributed by atoms with Gasteiger partial charge in [0.2, 0.25) is 15.9 Å². The monoisotopic (exact) mass is 484 g/mol. The van der Waals surface area contributed by atoms with Crippen LogP contribution >= 0.6 is 0 Å². The molecule has 0 spiro atoms. The Bertz CT molecular complexity index is 1140. The summed E-state index contributed by atoms with van der Waals surface area (Å²) in [6.07, 6.45) is 3.84. The third-order valence-corrected chi connectivity index (χ3v) is 9.07. The molecule has 3 aliphatic rings. The zero-order valence-corrected chi connectivity index (χ0v) is 20.4. The average molecular weight is 485 g/mol. The van der Waals surface area contributed by atoms with Crippen molar-refractivity contribution in [3.8, 4) is 11.5 Å². The highest BCUT2D eigenvalue weighted by Crippen LogP contribution is 2.39. The lowest BCUT2D eigenvalue weighted by molar-refractivity contribution is -0.137. The molecule has 0 aliphatic carbocycles. The van der Waals surface area contributed by atoms with Crippen molar-refractivity contribution in [2.24, 2.45) is 5.92 Å². The molecule has 1 amide bonds. The van der Waals surface area contributed by atoms with E-state index in [0.29, 0.717) is 44.0 Å². The fraction of sp³-hybridized carbons (Fsp3) is 0.500. The van der Waals surface area contributed by atoms with Gasteiger partial charge in [-0.05, 0) is 62.4 Å². The molecule has 2 saturated heterocycles. The lowest BCUT2D eigenvalue weighted by Gasteiger charge is -2.34. The maximum atomic E-state index is 13.5. The van der Waals surface area contributed by atoms with Gasteiger partial charge in [0.15, 0.2) is 11.5 Å². The number of hydrogen-bond donors (Lipinski definition) is 0. The van der Waals surface area contributed by atoms with Gasteiger partial charge in [0.25, 0.3) is 0 Å². The van der Waals surface area contributed by atoms with Crippen LogP contribution in [0.25, 0.3) is 0 Å². The number of benzene rings is 2. The van der Waals surface area contributed by atoms with Crippen molar-refractivity contribution in [1.82, 2.24) is 9.21 Å². The second-order valence-corrected chi connectivity index (χ2v) is 11.4. The Kier molecular flexibility index (Phi) is 6.53. The van der Waals surface area contributed by atoms with Crippen molar-refractivity contribution in [2.45, 2.75) is 50.0 Å². The molecule has 2 aromatic carbocycles. The van der Waals surface area contributed by atoms with Crippen LogP contribution in [-0.2, 0) is 14.8 Å². The number of nitrogens with zero attached hydrogens (tertiary/aromatic N) is 2. The van der Waals surface area contributed by atoms with Gasteiger partial charge in [-0.1, -0.05) is 23.8 Å². The fourth-order valence-electron chi connectivity index (χ4n) is 5.20. The number of aryl methyl sites for hydroxylation is 1. The van der Waals surface area contributed by atoms with Crippen molar-refractivity contribution in [3.05, 3.63) is 53.6 Å². The normalized spacial score (nSPS) is 21.9. The summed E-state index contributed by atoms with van der Waals surface area (Å²) >= 11 is 0. The van der Waals surface area contributed by atoms with Gasteiger partial charge >= 0.3 is 0 Å². The molecule has 0 unspecified atom stereocenters. The third-order valence-electron chi connectivity index (χ3n) is 7.15. The Morgan fingerprint density at radius 2 is 1.59 bits per heavy atom. The van der Waals surface area contributed by atoms with E-state index >= 15 is 0 Å². The van der Waals surface area contributed by atoms with Crippen LogP contribution in [0.4, 0.5) is 0 Å². The van der Waals surface area contributed by atoms with Crippen LogP contribution in [0.3, 0.4) is 0 Å². The van der Waals surface area contributed by atoms with Gasteiger partial charge in [0.05, 0.1) is 24.2 Å². The van der Waals surface area contributed by atoms with Crippen LogP contribution < -0.4 is 9.47 Å². The molecular weight excluding hydrogens is 452 g/mol. The summed E-state index contributed by atoms with van der Waals surface area (Å²) in [6.45, 7) is 4.70. The summed E-state index contributed by atoms with van der Waals surface area (Å²) in [5, 5.41) is 0. The van der Waals surface area contributed by atoms with Crippen molar-refractivity contribution >= 4 is 15.9 Å². The highest BCUT2D eigenvalue weighted by Gasteiger charge is 2.38. The van der Waals surface area contributed by atoms with Gasteiger partial charge in [-0.2, -0.15) is 4.31 Å². The molecule has 0 radical (unpaired) electrons. The first-order valence-electron chi connectivity index (χ1n) is 12.2. The largest absolute Gasteiger partial charge is 0.490 e. The molecule has 3 aliphatic heterocycles. The lowest BCUT2D eigenvalue weighted by Crippen LogP contribution is -2.44. The summed E-state index contributed by atoms with van der Waals surface area (Å²) in [5.74, 6) is 1.51. The van der Waals surface area contributed by atoms with Gasteiger partial charge in [0.1, 0.15) is 0 Å². The molecule has 3 heterocycles. The van der Waals surface area contributed by atoms with Crippen LogP contribution in [-0.4, -0.2) is 56.4 Å². The van der Waals surface area contributed by atoms with Crippen molar-refractivity contribution in [2.75, 3.05) is 32.8 Å². The molecular formula is C26H32N2O5S. The SMILES string of the molecule is Cc1ccc(S(=O)(=O)N2CCC(C(=O)N3CCC[C@H]3c3ccc4c(c3)OCCCO4)CC2)cc1. The number of sulfonamides is 1. The van der Waals surface area contributed by atoms with Crippen molar-refractivity contribution in [1.29, 1.82) is 0 Å². The van der Waals surface area contributed by atoms with E-state index in [2.05, 4.69) is 0 Å². The summed E-state index contributed by atoms with van der Waals surface area (Å²) in [6, 6.07) is 13.0. The van der Waals surface area contributed by atoms with Gasteiger partial charge in [0, 0.05) is 32.0 Å². The Morgan fingerprint density at radius 1 is 0.882 bits per heavy atom. The smallest absolute Gasteiger partial charge is 0.243 e. The van der Waals surface area contributed by atoms with Crippen LogP contribution in [0.5, 0.6) is 11.5 Å². The van der Waals surface area contributed by atoms with Crippen LogP contribution in [0.15, 0.2) is 47.4 Å². The molecule has 34 heavy (non-hydrogen) atoms. The molecule has 0 N–H and O–H groups in total. The van der Waals surface area contributed by atoms with Crippen LogP contribution in [0.2, 0.25) is 0 Å². The van der Waals surface area contributed by atoms with Gasteiger partial charge < -0.3 is 14.4 Å². The molecule has 8 heteroatoms. The fourth-order valence-corrected chi connectivity index (χ4v) is 6.67. The van der Waals surface area contributed by atoms with Gasteiger partial charge in [-0.25, -0.2) is 8.42 Å². The van der Waals surface area contributed by atoms with E-state index in [9.17, 15) is 13.2 Å². The quantitative estimate of drug-likeness (QED) is 0.658. The number of fused-ring (bicyclic) bond motifs is 1. The van der Waals surface area contributed by atoms with Crippen molar-refractivity contribution in [3.63, 3.8) is 0 Å². The minimum Gasteiger partial charge on any atom is -0.490 e. The van der Waals surface area contributed by atoms with Gasteiger partial charge in [-0.3, -0.25) is 4.79 Å². The zero-order chi connectivity index (χ0) is 23.7. The van der Waals surface area contributed by atoms with Crippen LogP contribution in [0, 0.1) is 12.8 Å². The number of carbonyl (C=O) groups is 1. The molecule has 5 rings (SSSR count). The van der Waals surface area contributed by atoms with E-state index in [1.807, 2.05) is 42.2 Å². The molecule has 2 fully saturated rings. The van der Waals surface area contributed by atoms with E-state index in [4.69, 9.17) is 9.47 Å². The van der Waals surface area contributed by atoms with E-state index in [1.54, 1.807) is 12.1 Å². The van der Waals surface area contributed by atoms with E-state index < -0.39 is 10.0 Å². The maximum absolute atomic E-state index is 13.5. The second kappa shape index (κ2) is 9.58. The standard InChI is InChI=1S/C26H32N2O5S/c1-19-5-8-22(9-6-19)34(30,31)27-14-11-20(12-15-27)26(29)28-13-2-4-23(28)21-7-10-24-25(18-21)33-17-3-16-32-24/h5-10,18,20,23H,2-4,11-17H2,1H3/t23-/m0/s1. The van der Waals surface area contributed by atoms with E-state index in [1.165, 1.54) is 4.31 Å². The highest BCUT2D eigenvalue weighted by atomic mass is 32.2. The number of carbonyl (C=O) groups excluding carboxylic acids is 1. The predicted molar refractivity (Wildman–Crippen MR) is 128 cm³/mol. The first kappa shape index (κ1) is 23.2. The zero-order valence-electron chi connectivity index (χ0n) is 19.6. The summed E-state index contributed by atoms with van der Waals surface area (Å²) in [5.41, 5.74) is 2.10. The lowest BCUT2D eigenvalue weighted by atomic mass is 9.95. The number of amides is 1. The van der Waals surface area contributed by atoms with Gasteiger partial charge in [-0.15, -0.1) is 0 Å². The van der Waals surface area contributed by atoms with Crippen LogP contribution in [0.1, 0.15) is 49.3 Å². The molecule has 0 saturated carbocycles. The average Bonchev–Trinajstić information content (AvgIpc) is 3.22. The minimum absolute atomic E-state index is 0.0268. The number of likely N-dealkylation sites (tertiary alicyclic amines) is 1. The number of piperidine rings is 1. The number of rotatable bonds is 4. The Balaban J connectivity index is 1.25. The first-order valence-corrected chi connectivity index (χ1v) is 13.6. The summed E-state index contributed by atoms with van der Waals surface area (Å²) in [7, 11) is -3.53. The summed E-state index contributed by atoms with van der Waals surface area (Å²) < 4.78 is 39.2. The third kappa shape index (κ3) is 4.53. The molecule has 0 bridgehead atoms.